The normalized spacial score (nSPS) is 25.1. The van der Waals surface area contributed by atoms with Gasteiger partial charge in [-0.3, -0.25) is 0 Å². The van der Waals surface area contributed by atoms with Crippen LogP contribution in [0.2, 0.25) is 0 Å². The molecule has 14 heavy (non-hydrogen) atoms. The molecule has 0 atom stereocenters. The molecule has 0 amide bonds. The second kappa shape index (κ2) is 10.2. The number of rotatable bonds is 1. The molecule has 0 spiro atoms. The predicted molar refractivity (Wildman–Crippen MR) is 65.7 cm³/mol. The summed E-state index contributed by atoms with van der Waals surface area (Å²) in [4.78, 5) is 0. The first kappa shape index (κ1) is 15.6. The van der Waals surface area contributed by atoms with E-state index in [9.17, 15) is 0 Å². The van der Waals surface area contributed by atoms with Crippen LogP contribution >= 0.6 is 0 Å². The molecule has 0 aromatic carbocycles. The average Bonchev–Trinajstić information content (AvgIpc) is 2.24. The third-order valence-corrected chi connectivity index (χ3v) is 3.00. The van der Waals surface area contributed by atoms with Gasteiger partial charge in [0.1, 0.15) is 0 Å². The van der Waals surface area contributed by atoms with Gasteiger partial charge in [0, 0.05) is 0 Å². The lowest BCUT2D eigenvalue weighted by Crippen LogP contribution is -2.16. The highest BCUT2D eigenvalue weighted by atomic mass is 14.3. The Hall–Kier alpha value is -0.880. The quantitative estimate of drug-likeness (QED) is 0.551. The Morgan fingerprint density at radius 3 is 1.50 bits per heavy atom. The molecule has 0 N–H and O–H groups in total. The highest BCUT2D eigenvalue weighted by molar-refractivity contribution is 4.71. The van der Waals surface area contributed by atoms with Crippen molar-refractivity contribution in [3.8, 4) is 25.7 Å². The molecule has 0 aromatic heterocycles. The van der Waals surface area contributed by atoms with Crippen LogP contribution in [0.15, 0.2) is 0 Å². The predicted octanol–water partition coefficient (Wildman–Crippen LogP) is 3.97. The van der Waals surface area contributed by atoms with Gasteiger partial charge in [-0.05, 0) is 30.6 Å². The zero-order valence-electron chi connectivity index (χ0n) is 9.87. The molecular formula is C14H24. The van der Waals surface area contributed by atoms with Crippen molar-refractivity contribution in [1.82, 2.24) is 0 Å². The van der Waals surface area contributed by atoms with Gasteiger partial charge in [0.15, 0.2) is 0 Å². The Balaban J connectivity index is 0. The van der Waals surface area contributed by atoms with Crippen molar-refractivity contribution < 1.29 is 0 Å². The summed E-state index contributed by atoms with van der Waals surface area (Å²) in [5, 5.41) is 0. The fourth-order valence-corrected chi connectivity index (χ4v) is 1.95. The van der Waals surface area contributed by atoms with Gasteiger partial charge in [-0.1, -0.05) is 33.6 Å². The minimum Gasteiger partial charge on any atom is -0.124 e. The maximum Gasteiger partial charge on any atom is -0.0391 e. The molecule has 0 aliphatic heterocycles. The van der Waals surface area contributed by atoms with Crippen molar-refractivity contribution in [1.29, 1.82) is 0 Å². The van der Waals surface area contributed by atoms with Crippen molar-refractivity contribution >= 4 is 0 Å². The molecule has 0 radical (unpaired) electrons. The van der Waals surface area contributed by atoms with E-state index >= 15 is 0 Å². The van der Waals surface area contributed by atoms with Gasteiger partial charge in [0.2, 0.25) is 0 Å². The fourth-order valence-electron chi connectivity index (χ4n) is 1.95. The Morgan fingerprint density at radius 1 is 0.857 bits per heavy atom. The second-order valence-corrected chi connectivity index (χ2v) is 4.26. The Bertz CT molecular complexity index is 136. The lowest BCUT2D eigenvalue weighted by molar-refractivity contribution is 0.234. The first-order valence-electron chi connectivity index (χ1n) is 5.37. The molecule has 1 fully saturated rings. The van der Waals surface area contributed by atoms with E-state index in [0.717, 1.165) is 17.8 Å². The zero-order chi connectivity index (χ0) is 11.6. The van der Waals surface area contributed by atoms with E-state index in [4.69, 9.17) is 0 Å². The van der Waals surface area contributed by atoms with Crippen LogP contribution in [0.5, 0.6) is 0 Å². The molecule has 0 nitrogen and oxygen atoms in total. The van der Waals surface area contributed by atoms with Crippen molar-refractivity contribution in [2.45, 2.75) is 46.5 Å². The highest BCUT2D eigenvalue weighted by Crippen LogP contribution is 2.32. The smallest absolute Gasteiger partial charge is 0.0391 e. The first-order valence-corrected chi connectivity index (χ1v) is 5.37. The summed E-state index contributed by atoms with van der Waals surface area (Å²) in [6, 6.07) is 0. The third kappa shape index (κ3) is 6.62. The van der Waals surface area contributed by atoms with Gasteiger partial charge in [-0.25, -0.2) is 0 Å². The van der Waals surface area contributed by atoms with Crippen LogP contribution in [-0.4, -0.2) is 0 Å². The molecule has 0 bridgehead atoms. The van der Waals surface area contributed by atoms with E-state index in [1.807, 2.05) is 0 Å². The van der Waals surface area contributed by atoms with E-state index in [-0.39, 0.29) is 0 Å². The van der Waals surface area contributed by atoms with E-state index in [1.165, 1.54) is 25.7 Å². The number of hydrogen-bond acceptors (Lipinski definition) is 0. The SMILES string of the molecule is C#C.C#C.CC1CCC(C(C)C)CC1. The lowest BCUT2D eigenvalue weighted by atomic mass is 9.78. The largest absolute Gasteiger partial charge is 0.124 e. The molecule has 1 aliphatic rings. The summed E-state index contributed by atoms with van der Waals surface area (Å²) in [5.74, 6) is 2.97. The standard InChI is InChI=1S/C10H20.2C2H2/c1-8(2)10-6-4-9(3)5-7-10;2*1-2/h8-10H,4-7H2,1-3H3;2*1-2H. The Labute approximate surface area is 90.5 Å². The zero-order valence-corrected chi connectivity index (χ0v) is 9.87. The molecule has 0 aromatic rings. The van der Waals surface area contributed by atoms with E-state index < -0.39 is 0 Å². The van der Waals surface area contributed by atoms with Crippen LogP contribution in [0.4, 0.5) is 0 Å². The van der Waals surface area contributed by atoms with Crippen LogP contribution in [0, 0.1) is 43.4 Å². The van der Waals surface area contributed by atoms with Gasteiger partial charge in [-0.2, -0.15) is 0 Å². The van der Waals surface area contributed by atoms with Gasteiger partial charge >= 0.3 is 0 Å². The summed E-state index contributed by atoms with van der Waals surface area (Å²) in [6.45, 7) is 7.11. The van der Waals surface area contributed by atoms with E-state index in [0.29, 0.717) is 0 Å². The second-order valence-electron chi connectivity index (χ2n) is 4.26. The molecule has 1 aliphatic carbocycles. The van der Waals surface area contributed by atoms with Crippen molar-refractivity contribution in [3.63, 3.8) is 0 Å². The van der Waals surface area contributed by atoms with Gasteiger partial charge in [0.25, 0.3) is 0 Å². The molecule has 0 heterocycles. The Kier molecular flexibility index (Phi) is 11.4. The molecule has 0 saturated heterocycles. The minimum absolute atomic E-state index is 0.924. The van der Waals surface area contributed by atoms with E-state index in [1.54, 1.807) is 0 Å². The van der Waals surface area contributed by atoms with Crippen LogP contribution in [0.25, 0.3) is 0 Å². The van der Waals surface area contributed by atoms with Crippen LogP contribution in [-0.2, 0) is 0 Å². The maximum atomic E-state index is 4.00. The average molecular weight is 192 g/mol. The van der Waals surface area contributed by atoms with Gasteiger partial charge < -0.3 is 0 Å². The minimum atomic E-state index is 0.924. The summed E-state index contributed by atoms with van der Waals surface area (Å²) in [7, 11) is 0. The van der Waals surface area contributed by atoms with Gasteiger partial charge in [-0.15, -0.1) is 25.7 Å². The third-order valence-electron chi connectivity index (χ3n) is 3.00. The monoisotopic (exact) mass is 192 g/mol. The maximum absolute atomic E-state index is 4.00. The summed E-state index contributed by atoms with van der Waals surface area (Å²) in [6.07, 6.45) is 21.9. The van der Waals surface area contributed by atoms with Crippen LogP contribution < -0.4 is 0 Å². The van der Waals surface area contributed by atoms with Crippen molar-refractivity contribution in [3.05, 3.63) is 0 Å². The summed E-state index contributed by atoms with van der Waals surface area (Å²) in [5.41, 5.74) is 0. The molecule has 1 rings (SSSR count). The molecule has 1 saturated carbocycles. The molecule has 0 heteroatoms. The summed E-state index contributed by atoms with van der Waals surface area (Å²) < 4.78 is 0. The summed E-state index contributed by atoms with van der Waals surface area (Å²) >= 11 is 0. The van der Waals surface area contributed by atoms with Gasteiger partial charge in [0.05, 0.1) is 0 Å². The Morgan fingerprint density at radius 2 is 1.21 bits per heavy atom. The van der Waals surface area contributed by atoms with Crippen LogP contribution in [0.1, 0.15) is 46.5 Å². The number of hydrogen-bond donors (Lipinski definition) is 0. The lowest BCUT2D eigenvalue weighted by Gasteiger charge is -2.28. The molecular weight excluding hydrogens is 168 g/mol. The molecule has 80 valence electrons. The first-order chi connectivity index (χ1) is 6.70. The van der Waals surface area contributed by atoms with Crippen molar-refractivity contribution in [2.75, 3.05) is 0 Å². The van der Waals surface area contributed by atoms with Crippen molar-refractivity contribution in [2.24, 2.45) is 17.8 Å². The number of terminal acetylenes is 2. The topological polar surface area (TPSA) is 0 Å². The highest BCUT2D eigenvalue weighted by Gasteiger charge is 2.19. The van der Waals surface area contributed by atoms with E-state index in [2.05, 4.69) is 46.5 Å². The molecule has 0 unspecified atom stereocenters. The van der Waals surface area contributed by atoms with Crippen LogP contribution in [0.3, 0.4) is 0 Å². The fraction of sp³-hybridized carbons (Fsp3) is 0.714.